The zero-order valence-corrected chi connectivity index (χ0v) is 5.47. The Balaban J connectivity index is 3.45. The van der Waals surface area contributed by atoms with Crippen molar-refractivity contribution < 1.29 is 9.50 Å². The fourth-order valence-electron chi connectivity index (χ4n) is 0.367. The van der Waals surface area contributed by atoms with E-state index in [-0.39, 0.29) is 12.4 Å². The van der Waals surface area contributed by atoms with Crippen molar-refractivity contribution in [3.8, 4) is 0 Å². The molecular formula is C7H11FO. The highest BCUT2D eigenvalue weighted by molar-refractivity contribution is 5.09. The minimum atomic E-state index is -0.261. The number of allylic oxidation sites excluding steroid dienone is 3. The number of aliphatic hydroxyl groups is 1. The lowest BCUT2D eigenvalue weighted by Gasteiger charge is -1.83. The van der Waals surface area contributed by atoms with Crippen molar-refractivity contribution in [2.45, 2.75) is 13.3 Å². The summed E-state index contributed by atoms with van der Waals surface area (Å²) < 4.78 is 12.1. The van der Waals surface area contributed by atoms with Gasteiger partial charge in [0.05, 0.1) is 0 Å². The molecule has 52 valence electrons. The molecule has 0 aliphatic heterocycles. The molecule has 0 aromatic rings. The molecule has 0 aromatic heterocycles. The summed E-state index contributed by atoms with van der Waals surface area (Å²) >= 11 is 0. The Morgan fingerprint density at radius 3 is 2.78 bits per heavy atom. The first kappa shape index (κ1) is 8.37. The zero-order chi connectivity index (χ0) is 7.11. The van der Waals surface area contributed by atoms with Crippen LogP contribution in [0.3, 0.4) is 0 Å². The van der Waals surface area contributed by atoms with E-state index < -0.39 is 0 Å². The van der Waals surface area contributed by atoms with E-state index >= 15 is 0 Å². The largest absolute Gasteiger partial charge is 0.396 e. The van der Waals surface area contributed by atoms with Crippen molar-refractivity contribution in [2.24, 2.45) is 0 Å². The molecule has 1 nitrogen and oxygen atoms in total. The van der Waals surface area contributed by atoms with Crippen LogP contribution in [0.4, 0.5) is 4.39 Å². The summed E-state index contributed by atoms with van der Waals surface area (Å²) in [6.07, 6.45) is 4.82. The van der Waals surface area contributed by atoms with E-state index in [1.165, 1.54) is 12.2 Å². The van der Waals surface area contributed by atoms with Gasteiger partial charge in [0, 0.05) is 6.61 Å². The van der Waals surface area contributed by atoms with Crippen molar-refractivity contribution >= 4 is 0 Å². The summed E-state index contributed by atoms with van der Waals surface area (Å²) in [5.74, 6) is -0.261. The van der Waals surface area contributed by atoms with Gasteiger partial charge >= 0.3 is 0 Å². The van der Waals surface area contributed by atoms with Gasteiger partial charge in [-0.3, -0.25) is 0 Å². The number of hydrogen-bond donors (Lipinski definition) is 1. The topological polar surface area (TPSA) is 20.2 Å². The van der Waals surface area contributed by atoms with Crippen molar-refractivity contribution in [1.29, 1.82) is 0 Å². The van der Waals surface area contributed by atoms with E-state index in [1.54, 1.807) is 13.0 Å². The molecular weight excluding hydrogens is 119 g/mol. The van der Waals surface area contributed by atoms with Gasteiger partial charge in [0.2, 0.25) is 0 Å². The van der Waals surface area contributed by atoms with Gasteiger partial charge < -0.3 is 5.11 Å². The third-order valence-electron chi connectivity index (χ3n) is 0.849. The lowest BCUT2D eigenvalue weighted by atomic mass is 10.3. The van der Waals surface area contributed by atoms with Gasteiger partial charge in [0.25, 0.3) is 0 Å². The Kier molecular flexibility index (Phi) is 5.12. The minimum absolute atomic E-state index is 0.0769. The summed E-state index contributed by atoms with van der Waals surface area (Å²) in [5.41, 5.74) is 0. The summed E-state index contributed by atoms with van der Waals surface area (Å²) in [6.45, 7) is 1.70. The van der Waals surface area contributed by atoms with Crippen molar-refractivity contribution in [2.75, 3.05) is 6.61 Å². The minimum Gasteiger partial charge on any atom is -0.396 e. The van der Waals surface area contributed by atoms with Crippen LogP contribution in [-0.2, 0) is 0 Å². The Morgan fingerprint density at radius 1 is 1.67 bits per heavy atom. The molecule has 0 bridgehead atoms. The van der Waals surface area contributed by atoms with E-state index in [0.29, 0.717) is 6.42 Å². The van der Waals surface area contributed by atoms with Crippen LogP contribution in [0.15, 0.2) is 24.1 Å². The van der Waals surface area contributed by atoms with Crippen LogP contribution in [0.5, 0.6) is 0 Å². The highest BCUT2D eigenvalue weighted by Crippen LogP contribution is 1.97. The molecule has 0 aliphatic rings. The van der Waals surface area contributed by atoms with Gasteiger partial charge in [-0.15, -0.1) is 0 Å². The van der Waals surface area contributed by atoms with Gasteiger partial charge in [-0.25, -0.2) is 4.39 Å². The Hall–Kier alpha value is -0.630. The lowest BCUT2D eigenvalue weighted by molar-refractivity contribution is 0.302. The molecule has 1 N–H and O–H groups in total. The number of hydrogen-bond acceptors (Lipinski definition) is 1. The summed E-state index contributed by atoms with van der Waals surface area (Å²) in [4.78, 5) is 0. The number of aliphatic hydroxyl groups excluding tert-OH is 1. The molecule has 0 rings (SSSR count). The molecule has 0 saturated carbocycles. The second-order valence-electron chi connectivity index (χ2n) is 1.59. The highest BCUT2D eigenvalue weighted by Gasteiger charge is 1.80. The van der Waals surface area contributed by atoms with E-state index in [2.05, 4.69) is 0 Å². The van der Waals surface area contributed by atoms with E-state index in [9.17, 15) is 4.39 Å². The van der Waals surface area contributed by atoms with Gasteiger partial charge in [0.1, 0.15) is 5.83 Å². The van der Waals surface area contributed by atoms with Gasteiger partial charge in [-0.2, -0.15) is 0 Å². The number of rotatable bonds is 3. The maximum Gasteiger partial charge on any atom is 0.118 e. The molecule has 0 aromatic carbocycles. The molecule has 2 heteroatoms. The predicted octanol–water partition coefficient (Wildman–Crippen LogP) is 1.80. The molecule has 0 saturated heterocycles. The Labute approximate surface area is 54.5 Å². The van der Waals surface area contributed by atoms with Crippen LogP contribution in [0, 0.1) is 0 Å². The van der Waals surface area contributed by atoms with E-state index in [4.69, 9.17) is 5.11 Å². The molecule has 0 aliphatic carbocycles. The maximum absolute atomic E-state index is 12.1. The Morgan fingerprint density at radius 2 is 2.33 bits per heavy atom. The van der Waals surface area contributed by atoms with E-state index in [0.717, 1.165) is 0 Å². The summed E-state index contributed by atoms with van der Waals surface area (Å²) in [6, 6.07) is 0. The Bertz CT molecular complexity index is 116. The van der Waals surface area contributed by atoms with Crippen molar-refractivity contribution in [3.05, 3.63) is 24.1 Å². The first-order chi connectivity index (χ1) is 4.31. The maximum atomic E-state index is 12.1. The third-order valence-corrected chi connectivity index (χ3v) is 0.849. The normalized spacial score (nSPS) is 13.0. The highest BCUT2D eigenvalue weighted by atomic mass is 19.1. The van der Waals surface area contributed by atoms with Crippen LogP contribution >= 0.6 is 0 Å². The van der Waals surface area contributed by atoms with Crippen LogP contribution in [0.1, 0.15) is 13.3 Å². The van der Waals surface area contributed by atoms with Gasteiger partial charge in [0.15, 0.2) is 0 Å². The standard InChI is InChI=1S/C7H11FO/c1-2-7(8)5-3-4-6-9/h2-3,5,9H,4,6H2,1H3/b5-3-,7-2+. The summed E-state index contributed by atoms with van der Waals surface area (Å²) in [5, 5.41) is 8.26. The number of halogens is 1. The fourth-order valence-corrected chi connectivity index (χ4v) is 0.367. The molecule has 0 radical (unpaired) electrons. The van der Waals surface area contributed by atoms with Crippen molar-refractivity contribution in [3.63, 3.8) is 0 Å². The molecule has 0 amide bonds. The fraction of sp³-hybridized carbons (Fsp3) is 0.429. The summed E-state index contributed by atoms with van der Waals surface area (Å²) in [7, 11) is 0. The predicted molar refractivity (Wildman–Crippen MR) is 35.7 cm³/mol. The molecule has 9 heavy (non-hydrogen) atoms. The quantitative estimate of drug-likeness (QED) is 0.577. The monoisotopic (exact) mass is 130 g/mol. The zero-order valence-electron chi connectivity index (χ0n) is 5.47. The molecule has 0 heterocycles. The smallest absolute Gasteiger partial charge is 0.118 e. The lowest BCUT2D eigenvalue weighted by Crippen LogP contribution is -1.75. The molecule has 0 fully saturated rings. The van der Waals surface area contributed by atoms with Gasteiger partial charge in [-0.1, -0.05) is 12.2 Å². The third kappa shape index (κ3) is 5.24. The average Bonchev–Trinajstić information content (AvgIpc) is 1.89. The average molecular weight is 130 g/mol. The molecule has 0 unspecified atom stereocenters. The molecule has 0 spiro atoms. The second-order valence-corrected chi connectivity index (χ2v) is 1.59. The van der Waals surface area contributed by atoms with Crippen LogP contribution in [0.2, 0.25) is 0 Å². The van der Waals surface area contributed by atoms with Crippen LogP contribution in [-0.4, -0.2) is 11.7 Å². The first-order valence-corrected chi connectivity index (χ1v) is 2.90. The second kappa shape index (κ2) is 5.51. The van der Waals surface area contributed by atoms with Gasteiger partial charge in [-0.05, 0) is 19.4 Å². The first-order valence-electron chi connectivity index (χ1n) is 2.90. The van der Waals surface area contributed by atoms with E-state index in [1.807, 2.05) is 0 Å². The SMILES string of the molecule is C/C=C(F)\C=C/CCO. The van der Waals surface area contributed by atoms with Crippen LogP contribution in [0.25, 0.3) is 0 Å². The molecule has 0 atom stereocenters. The van der Waals surface area contributed by atoms with Crippen molar-refractivity contribution in [1.82, 2.24) is 0 Å². The van der Waals surface area contributed by atoms with Crippen LogP contribution < -0.4 is 0 Å².